The molecular weight excluding hydrogens is 231 g/mol. The minimum Gasteiger partial charge on any atom is -0.379 e. The fourth-order valence-corrected chi connectivity index (χ4v) is 1.37. The molecule has 96 valence electrons. The molecule has 1 aromatic heterocycles. The zero-order valence-electron chi connectivity index (χ0n) is 10.0. The van der Waals surface area contributed by atoms with Gasteiger partial charge < -0.3 is 5.11 Å². The van der Waals surface area contributed by atoms with E-state index in [9.17, 15) is 13.2 Å². The van der Waals surface area contributed by atoms with Crippen LogP contribution in [0.25, 0.3) is 0 Å². The Kier molecular flexibility index (Phi) is 3.81. The Morgan fingerprint density at radius 3 is 2.35 bits per heavy atom. The SMILES string of the molecule is CCC(C)(C)c1cncc(C(O)C(F)(F)F)c1. The Morgan fingerprint density at radius 1 is 1.29 bits per heavy atom. The molecule has 1 unspecified atom stereocenters. The normalized spacial score (nSPS) is 14.8. The summed E-state index contributed by atoms with van der Waals surface area (Å²) in [4.78, 5) is 3.77. The summed E-state index contributed by atoms with van der Waals surface area (Å²) in [5.74, 6) is 0. The van der Waals surface area contributed by atoms with Crippen LogP contribution in [0, 0.1) is 0 Å². The van der Waals surface area contributed by atoms with Crippen molar-refractivity contribution < 1.29 is 18.3 Å². The average Bonchev–Trinajstić information content (AvgIpc) is 2.27. The van der Waals surface area contributed by atoms with Crippen molar-refractivity contribution >= 4 is 0 Å². The quantitative estimate of drug-likeness (QED) is 0.888. The van der Waals surface area contributed by atoms with Gasteiger partial charge >= 0.3 is 6.18 Å². The van der Waals surface area contributed by atoms with Crippen LogP contribution in [0.5, 0.6) is 0 Å². The van der Waals surface area contributed by atoms with Crippen molar-refractivity contribution in [2.24, 2.45) is 0 Å². The maximum atomic E-state index is 12.4. The standard InChI is InChI=1S/C12H16F3NO/c1-4-11(2,3)9-5-8(6-16-7-9)10(17)12(13,14)15/h5-7,10,17H,4H2,1-3H3. The van der Waals surface area contributed by atoms with E-state index in [1.807, 2.05) is 20.8 Å². The van der Waals surface area contributed by atoms with E-state index < -0.39 is 12.3 Å². The monoisotopic (exact) mass is 247 g/mol. The highest BCUT2D eigenvalue weighted by molar-refractivity contribution is 5.26. The fraction of sp³-hybridized carbons (Fsp3) is 0.583. The number of aromatic nitrogens is 1. The number of alkyl halides is 3. The lowest BCUT2D eigenvalue weighted by Crippen LogP contribution is -2.22. The van der Waals surface area contributed by atoms with Crippen LogP contribution in [0.4, 0.5) is 13.2 Å². The number of hydrogen-bond acceptors (Lipinski definition) is 2. The molecule has 0 aromatic carbocycles. The molecule has 1 rings (SSSR count). The summed E-state index contributed by atoms with van der Waals surface area (Å²) in [5, 5.41) is 9.15. The predicted octanol–water partition coefficient (Wildman–Crippen LogP) is 3.36. The molecule has 1 N–H and O–H groups in total. The molecule has 17 heavy (non-hydrogen) atoms. The molecule has 0 bridgehead atoms. The summed E-state index contributed by atoms with van der Waals surface area (Å²) in [6.45, 7) is 5.80. The van der Waals surface area contributed by atoms with E-state index in [1.54, 1.807) is 0 Å². The summed E-state index contributed by atoms with van der Waals surface area (Å²) < 4.78 is 37.1. The van der Waals surface area contributed by atoms with Gasteiger partial charge in [-0.2, -0.15) is 13.2 Å². The van der Waals surface area contributed by atoms with Crippen LogP contribution in [0.3, 0.4) is 0 Å². The number of pyridine rings is 1. The smallest absolute Gasteiger partial charge is 0.379 e. The zero-order chi connectivity index (χ0) is 13.3. The molecule has 0 spiro atoms. The Labute approximate surface area is 98.5 Å². The first-order chi connectivity index (χ1) is 7.68. The highest BCUT2D eigenvalue weighted by Gasteiger charge is 2.39. The van der Waals surface area contributed by atoms with Crippen LogP contribution in [-0.2, 0) is 5.41 Å². The second-order valence-electron chi connectivity index (χ2n) is 4.69. The first-order valence-corrected chi connectivity index (χ1v) is 5.38. The van der Waals surface area contributed by atoms with Gasteiger partial charge in [-0.15, -0.1) is 0 Å². The van der Waals surface area contributed by atoms with E-state index in [0.29, 0.717) is 5.56 Å². The molecule has 0 saturated carbocycles. The fourth-order valence-electron chi connectivity index (χ4n) is 1.37. The van der Waals surface area contributed by atoms with Crippen LogP contribution in [-0.4, -0.2) is 16.3 Å². The largest absolute Gasteiger partial charge is 0.418 e. The van der Waals surface area contributed by atoms with Gasteiger partial charge in [-0.3, -0.25) is 4.98 Å². The van der Waals surface area contributed by atoms with Gasteiger partial charge in [0.1, 0.15) is 0 Å². The van der Waals surface area contributed by atoms with Gasteiger partial charge in [0.2, 0.25) is 0 Å². The van der Waals surface area contributed by atoms with Gasteiger partial charge in [0.15, 0.2) is 6.10 Å². The van der Waals surface area contributed by atoms with Gasteiger partial charge in [-0.1, -0.05) is 20.8 Å². The number of halogens is 3. The van der Waals surface area contributed by atoms with E-state index >= 15 is 0 Å². The molecule has 2 nitrogen and oxygen atoms in total. The van der Waals surface area contributed by atoms with Crippen molar-refractivity contribution in [1.29, 1.82) is 0 Å². The predicted molar refractivity (Wildman–Crippen MR) is 58.6 cm³/mol. The summed E-state index contributed by atoms with van der Waals surface area (Å²) in [7, 11) is 0. The number of aliphatic hydroxyl groups is 1. The number of hydrogen-bond donors (Lipinski definition) is 1. The Hall–Kier alpha value is -1.10. The van der Waals surface area contributed by atoms with Gasteiger partial charge in [-0.25, -0.2) is 0 Å². The van der Waals surface area contributed by atoms with Crippen molar-refractivity contribution in [3.8, 4) is 0 Å². The van der Waals surface area contributed by atoms with E-state index in [2.05, 4.69) is 4.98 Å². The zero-order valence-corrected chi connectivity index (χ0v) is 10.0. The molecule has 5 heteroatoms. The minimum absolute atomic E-state index is 0.212. The molecule has 0 aliphatic rings. The third-order valence-electron chi connectivity index (χ3n) is 3.05. The van der Waals surface area contributed by atoms with Crippen molar-refractivity contribution in [1.82, 2.24) is 4.98 Å². The molecule has 0 saturated heterocycles. The van der Waals surface area contributed by atoms with Crippen molar-refractivity contribution in [3.63, 3.8) is 0 Å². The topological polar surface area (TPSA) is 33.1 Å². The van der Waals surface area contributed by atoms with Crippen molar-refractivity contribution in [3.05, 3.63) is 29.6 Å². The highest BCUT2D eigenvalue weighted by atomic mass is 19.4. The highest BCUT2D eigenvalue weighted by Crippen LogP contribution is 2.34. The van der Waals surface area contributed by atoms with Gasteiger partial charge in [0.25, 0.3) is 0 Å². The maximum Gasteiger partial charge on any atom is 0.418 e. The van der Waals surface area contributed by atoms with Crippen LogP contribution in [0.2, 0.25) is 0 Å². The molecule has 1 heterocycles. The number of aliphatic hydroxyl groups excluding tert-OH is 1. The Morgan fingerprint density at radius 2 is 1.88 bits per heavy atom. The van der Waals surface area contributed by atoms with E-state index in [4.69, 9.17) is 5.11 Å². The molecular formula is C12H16F3NO. The molecule has 0 aliphatic carbocycles. The summed E-state index contributed by atoms with van der Waals surface area (Å²) >= 11 is 0. The van der Waals surface area contributed by atoms with Crippen molar-refractivity contribution in [2.45, 2.75) is 44.9 Å². The molecule has 1 atom stereocenters. The van der Waals surface area contributed by atoms with Gasteiger partial charge in [0, 0.05) is 18.0 Å². The van der Waals surface area contributed by atoms with Gasteiger partial charge in [0.05, 0.1) is 0 Å². The molecule has 1 aromatic rings. The second-order valence-corrected chi connectivity index (χ2v) is 4.69. The third kappa shape index (κ3) is 3.19. The Bertz CT molecular complexity index is 388. The summed E-state index contributed by atoms with van der Waals surface area (Å²) in [6, 6.07) is 1.37. The lowest BCUT2D eigenvalue weighted by molar-refractivity contribution is -0.206. The van der Waals surface area contributed by atoms with E-state index in [1.165, 1.54) is 12.3 Å². The lowest BCUT2D eigenvalue weighted by atomic mass is 9.82. The summed E-state index contributed by atoms with van der Waals surface area (Å²) in [6.07, 6.45) is -3.76. The molecule has 0 radical (unpaired) electrons. The number of nitrogens with zero attached hydrogens (tertiary/aromatic N) is 1. The van der Waals surface area contributed by atoms with Crippen molar-refractivity contribution in [2.75, 3.05) is 0 Å². The average molecular weight is 247 g/mol. The Balaban J connectivity index is 3.10. The first-order valence-electron chi connectivity index (χ1n) is 5.38. The lowest BCUT2D eigenvalue weighted by Gasteiger charge is -2.24. The van der Waals surface area contributed by atoms with E-state index in [0.717, 1.165) is 12.6 Å². The third-order valence-corrected chi connectivity index (χ3v) is 3.05. The van der Waals surface area contributed by atoms with E-state index in [-0.39, 0.29) is 11.0 Å². The van der Waals surface area contributed by atoms with Crippen LogP contribution in [0.15, 0.2) is 18.5 Å². The second kappa shape index (κ2) is 4.64. The summed E-state index contributed by atoms with van der Waals surface area (Å²) in [5.41, 5.74) is 0.228. The van der Waals surface area contributed by atoms with Gasteiger partial charge in [-0.05, 0) is 23.5 Å². The van der Waals surface area contributed by atoms with Crippen LogP contribution in [0.1, 0.15) is 44.4 Å². The van der Waals surface area contributed by atoms with Crippen LogP contribution < -0.4 is 0 Å². The number of rotatable bonds is 3. The molecule has 0 amide bonds. The first kappa shape index (κ1) is 14.0. The minimum atomic E-state index is -4.66. The molecule has 0 aliphatic heterocycles. The maximum absolute atomic E-state index is 12.4. The van der Waals surface area contributed by atoms with Crippen LogP contribution >= 0.6 is 0 Å². The molecule has 0 fully saturated rings.